The van der Waals surface area contributed by atoms with Crippen LogP contribution in [0.25, 0.3) is 0 Å². The lowest BCUT2D eigenvalue weighted by atomic mass is 10.2. The quantitative estimate of drug-likeness (QED) is 0.871. The van der Waals surface area contributed by atoms with Crippen molar-refractivity contribution >= 4 is 5.69 Å². The van der Waals surface area contributed by atoms with Gasteiger partial charge in [-0.25, -0.2) is 4.39 Å². The molecule has 1 N–H and O–H groups in total. The summed E-state index contributed by atoms with van der Waals surface area (Å²) in [6.45, 7) is 5.17. The molecule has 0 aromatic heterocycles. The van der Waals surface area contributed by atoms with Gasteiger partial charge in [0, 0.05) is 25.2 Å². The number of ether oxygens (including phenoxy) is 1. The fourth-order valence-corrected chi connectivity index (χ4v) is 2.41. The predicted octanol–water partition coefficient (Wildman–Crippen LogP) is 2.41. The van der Waals surface area contributed by atoms with Crippen LogP contribution in [0.4, 0.5) is 10.1 Å². The molecule has 1 fully saturated rings. The molecule has 1 aromatic carbocycles. The topological polar surface area (TPSA) is 24.5 Å². The minimum atomic E-state index is -0.254. The number of rotatable bonds is 5. The minimum absolute atomic E-state index is 0.254. The third-order valence-corrected chi connectivity index (χ3v) is 3.35. The Balaban J connectivity index is 2.04. The third kappa shape index (κ3) is 2.93. The van der Waals surface area contributed by atoms with Crippen LogP contribution >= 0.6 is 0 Å². The Morgan fingerprint density at radius 3 is 3.06 bits per heavy atom. The summed E-state index contributed by atoms with van der Waals surface area (Å²) in [5, 5.41) is 3.52. The average Bonchev–Trinajstić information content (AvgIpc) is 2.84. The number of hydrogen-bond donors (Lipinski definition) is 1. The van der Waals surface area contributed by atoms with Gasteiger partial charge in [0.15, 0.2) is 0 Å². The number of benzene rings is 1. The zero-order valence-corrected chi connectivity index (χ0v) is 11.1. The third-order valence-electron chi connectivity index (χ3n) is 3.35. The molecule has 0 aliphatic carbocycles. The van der Waals surface area contributed by atoms with Crippen molar-refractivity contribution in [3.63, 3.8) is 0 Å². The van der Waals surface area contributed by atoms with Crippen LogP contribution in [0.5, 0.6) is 5.75 Å². The van der Waals surface area contributed by atoms with E-state index in [4.69, 9.17) is 4.74 Å². The smallest absolute Gasteiger partial charge is 0.145 e. The molecule has 18 heavy (non-hydrogen) atoms. The van der Waals surface area contributed by atoms with Gasteiger partial charge < -0.3 is 15.0 Å². The highest BCUT2D eigenvalue weighted by molar-refractivity contribution is 5.59. The van der Waals surface area contributed by atoms with Crippen molar-refractivity contribution in [1.29, 1.82) is 0 Å². The van der Waals surface area contributed by atoms with Gasteiger partial charge in [-0.15, -0.1) is 0 Å². The Hall–Kier alpha value is -1.29. The van der Waals surface area contributed by atoms with E-state index in [0.717, 1.165) is 38.2 Å². The summed E-state index contributed by atoms with van der Waals surface area (Å²) >= 11 is 0. The first-order valence-electron chi connectivity index (χ1n) is 6.56. The summed E-state index contributed by atoms with van der Waals surface area (Å²) in [5.74, 6) is 0.363. The second-order valence-electron chi connectivity index (χ2n) is 4.70. The van der Waals surface area contributed by atoms with Gasteiger partial charge in [-0.3, -0.25) is 0 Å². The van der Waals surface area contributed by atoms with Gasteiger partial charge in [0.1, 0.15) is 11.6 Å². The first-order valence-corrected chi connectivity index (χ1v) is 6.56. The maximum absolute atomic E-state index is 13.2. The second kappa shape index (κ2) is 6.05. The molecule has 1 saturated heterocycles. The van der Waals surface area contributed by atoms with Crippen LogP contribution in [0, 0.1) is 5.82 Å². The Labute approximate surface area is 108 Å². The maximum atomic E-state index is 13.2. The van der Waals surface area contributed by atoms with Crippen molar-refractivity contribution in [2.24, 2.45) is 0 Å². The van der Waals surface area contributed by atoms with Gasteiger partial charge >= 0.3 is 0 Å². The van der Waals surface area contributed by atoms with Gasteiger partial charge in [0.2, 0.25) is 0 Å². The van der Waals surface area contributed by atoms with E-state index in [2.05, 4.69) is 17.1 Å². The van der Waals surface area contributed by atoms with Crippen LogP contribution in [0.2, 0.25) is 0 Å². The van der Waals surface area contributed by atoms with Crippen molar-refractivity contribution in [3.05, 3.63) is 24.0 Å². The van der Waals surface area contributed by atoms with E-state index in [-0.39, 0.29) is 5.82 Å². The summed E-state index contributed by atoms with van der Waals surface area (Å²) < 4.78 is 18.4. The highest BCUT2D eigenvalue weighted by Gasteiger charge is 2.24. The highest BCUT2D eigenvalue weighted by Crippen LogP contribution is 2.31. The van der Waals surface area contributed by atoms with Crippen LogP contribution in [0.15, 0.2) is 18.2 Å². The largest absolute Gasteiger partial charge is 0.494 e. The molecule has 1 unspecified atom stereocenters. The zero-order chi connectivity index (χ0) is 13.0. The van der Waals surface area contributed by atoms with E-state index in [9.17, 15) is 4.39 Å². The first-order chi connectivity index (χ1) is 8.74. The molecular weight excluding hydrogens is 231 g/mol. The number of methoxy groups -OCH3 is 1. The molecule has 0 radical (unpaired) electrons. The van der Waals surface area contributed by atoms with Gasteiger partial charge in [-0.1, -0.05) is 6.92 Å². The van der Waals surface area contributed by atoms with E-state index < -0.39 is 0 Å². The van der Waals surface area contributed by atoms with Crippen LogP contribution in [0.1, 0.15) is 19.8 Å². The molecule has 1 aromatic rings. The summed E-state index contributed by atoms with van der Waals surface area (Å²) in [6.07, 6.45) is 2.27. The normalized spacial score (nSPS) is 19.3. The summed E-state index contributed by atoms with van der Waals surface area (Å²) in [4.78, 5) is 2.26. The van der Waals surface area contributed by atoms with E-state index in [0.29, 0.717) is 11.8 Å². The van der Waals surface area contributed by atoms with Gasteiger partial charge in [-0.05, 0) is 31.5 Å². The Morgan fingerprint density at radius 1 is 1.50 bits per heavy atom. The molecule has 1 atom stereocenters. The molecule has 2 rings (SSSR count). The van der Waals surface area contributed by atoms with Crippen LogP contribution in [-0.2, 0) is 0 Å². The molecule has 1 aliphatic rings. The van der Waals surface area contributed by atoms with E-state index in [1.165, 1.54) is 12.1 Å². The van der Waals surface area contributed by atoms with Gasteiger partial charge in [0.25, 0.3) is 0 Å². The number of hydrogen-bond acceptors (Lipinski definition) is 3. The van der Waals surface area contributed by atoms with Gasteiger partial charge in [-0.2, -0.15) is 0 Å². The Bertz CT molecular complexity index is 397. The standard InChI is InChI=1S/C14H21FN2O/c1-3-7-16-12-6-8-17(10-12)13-5-4-11(15)9-14(13)18-2/h4-5,9,12,16H,3,6-8,10H2,1-2H3. The molecule has 0 amide bonds. The van der Waals surface area contributed by atoms with E-state index in [1.807, 2.05) is 0 Å². The van der Waals surface area contributed by atoms with Crippen molar-refractivity contribution < 1.29 is 9.13 Å². The van der Waals surface area contributed by atoms with Crippen LogP contribution in [-0.4, -0.2) is 32.8 Å². The summed E-state index contributed by atoms with van der Waals surface area (Å²) in [6, 6.07) is 5.27. The van der Waals surface area contributed by atoms with Crippen molar-refractivity contribution in [2.45, 2.75) is 25.8 Å². The highest BCUT2D eigenvalue weighted by atomic mass is 19.1. The lowest BCUT2D eigenvalue weighted by Gasteiger charge is -2.21. The molecule has 4 heteroatoms. The van der Waals surface area contributed by atoms with Crippen LogP contribution < -0.4 is 15.0 Å². The maximum Gasteiger partial charge on any atom is 0.145 e. The second-order valence-corrected chi connectivity index (χ2v) is 4.70. The molecule has 1 aliphatic heterocycles. The number of nitrogens with one attached hydrogen (secondary N) is 1. The lowest BCUT2D eigenvalue weighted by Crippen LogP contribution is -2.33. The fourth-order valence-electron chi connectivity index (χ4n) is 2.41. The van der Waals surface area contributed by atoms with E-state index in [1.54, 1.807) is 13.2 Å². The molecule has 100 valence electrons. The average molecular weight is 252 g/mol. The first kappa shape index (κ1) is 13.1. The van der Waals surface area contributed by atoms with Crippen molar-refractivity contribution in [2.75, 3.05) is 31.6 Å². The van der Waals surface area contributed by atoms with Gasteiger partial charge in [0.05, 0.1) is 12.8 Å². The Morgan fingerprint density at radius 2 is 2.33 bits per heavy atom. The lowest BCUT2D eigenvalue weighted by molar-refractivity contribution is 0.411. The van der Waals surface area contributed by atoms with Crippen molar-refractivity contribution in [1.82, 2.24) is 5.32 Å². The molecule has 3 nitrogen and oxygen atoms in total. The molecule has 0 bridgehead atoms. The Kier molecular flexibility index (Phi) is 4.42. The monoisotopic (exact) mass is 252 g/mol. The summed E-state index contributed by atoms with van der Waals surface area (Å²) in [5.41, 5.74) is 0.986. The summed E-state index contributed by atoms with van der Waals surface area (Å²) in [7, 11) is 1.58. The zero-order valence-electron chi connectivity index (χ0n) is 11.1. The molecular formula is C14H21FN2O. The SMILES string of the molecule is CCCNC1CCN(c2ccc(F)cc2OC)C1. The number of nitrogens with zero attached hydrogens (tertiary/aromatic N) is 1. The number of anilines is 1. The molecule has 0 saturated carbocycles. The van der Waals surface area contributed by atoms with E-state index >= 15 is 0 Å². The van der Waals surface area contributed by atoms with Crippen molar-refractivity contribution in [3.8, 4) is 5.75 Å². The fraction of sp³-hybridized carbons (Fsp3) is 0.571. The molecule has 0 spiro atoms. The predicted molar refractivity (Wildman–Crippen MR) is 71.9 cm³/mol. The minimum Gasteiger partial charge on any atom is -0.494 e. The molecule has 1 heterocycles. The van der Waals surface area contributed by atoms with Crippen LogP contribution in [0.3, 0.4) is 0 Å². The number of halogens is 1.